The number of benzene rings is 3. The number of phenolic OH excluding ortho intramolecular Hbond substituents is 1. The van der Waals surface area contributed by atoms with Crippen molar-refractivity contribution in [3.63, 3.8) is 0 Å². The third kappa shape index (κ3) is 6.21. The maximum atomic E-state index is 12.4. The number of para-hydroxylation sites is 2. The zero-order valence-corrected chi connectivity index (χ0v) is 16.4. The minimum Gasteiger partial charge on any atom is -0.508 e. The van der Waals surface area contributed by atoms with Gasteiger partial charge in [-0.2, -0.15) is 5.26 Å². The van der Waals surface area contributed by atoms with Gasteiger partial charge in [-0.25, -0.2) is 0 Å². The van der Waals surface area contributed by atoms with Crippen LogP contribution in [-0.2, 0) is 9.59 Å². The number of aromatic hydroxyl groups is 1. The molecule has 3 aromatic carbocycles. The molecule has 0 unspecified atom stereocenters. The molecule has 0 aliphatic carbocycles. The van der Waals surface area contributed by atoms with Crippen molar-refractivity contribution in [2.75, 3.05) is 17.2 Å². The van der Waals surface area contributed by atoms with Crippen molar-refractivity contribution in [3.8, 4) is 17.6 Å². The summed E-state index contributed by atoms with van der Waals surface area (Å²) in [5.41, 5.74) is 1.43. The van der Waals surface area contributed by atoms with E-state index in [9.17, 15) is 20.0 Å². The molecule has 0 bridgehead atoms. The standard InChI is InChI=1S/C24H19N3O4/c25-15-18(24(30)27-20-10-12-21(28)13-11-20)14-17-6-4-5-9-22(17)31-16-23(29)26-19-7-2-1-3-8-19/h1-14,28H,16H2,(H,26,29)(H,27,30)/b18-14+. The highest BCUT2D eigenvalue weighted by Crippen LogP contribution is 2.22. The third-order valence-corrected chi connectivity index (χ3v) is 4.13. The lowest BCUT2D eigenvalue weighted by molar-refractivity contribution is -0.118. The fourth-order valence-corrected chi connectivity index (χ4v) is 2.64. The molecular weight excluding hydrogens is 394 g/mol. The number of carbonyl (C=O) groups excluding carboxylic acids is 2. The maximum Gasteiger partial charge on any atom is 0.266 e. The van der Waals surface area contributed by atoms with Crippen LogP contribution in [0.1, 0.15) is 5.56 Å². The summed E-state index contributed by atoms with van der Waals surface area (Å²) in [7, 11) is 0. The summed E-state index contributed by atoms with van der Waals surface area (Å²) < 4.78 is 5.60. The molecule has 0 aromatic heterocycles. The van der Waals surface area contributed by atoms with Gasteiger partial charge >= 0.3 is 0 Å². The van der Waals surface area contributed by atoms with Gasteiger partial charge in [-0.05, 0) is 48.5 Å². The van der Waals surface area contributed by atoms with Crippen molar-refractivity contribution in [1.82, 2.24) is 0 Å². The van der Waals surface area contributed by atoms with Gasteiger partial charge in [-0.15, -0.1) is 0 Å². The summed E-state index contributed by atoms with van der Waals surface area (Å²) in [4.78, 5) is 24.6. The molecule has 0 heterocycles. The largest absolute Gasteiger partial charge is 0.508 e. The van der Waals surface area contributed by atoms with Gasteiger partial charge in [0.2, 0.25) is 0 Å². The second-order valence-electron chi connectivity index (χ2n) is 6.41. The Morgan fingerprint density at radius 3 is 2.26 bits per heavy atom. The molecule has 0 aliphatic rings. The molecule has 0 aliphatic heterocycles. The molecule has 3 N–H and O–H groups in total. The topological polar surface area (TPSA) is 111 Å². The van der Waals surface area contributed by atoms with Crippen LogP contribution >= 0.6 is 0 Å². The van der Waals surface area contributed by atoms with Gasteiger partial charge in [0.25, 0.3) is 11.8 Å². The number of amides is 2. The Bertz CT molecular complexity index is 1130. The molecule has 3 aromatic rings. The van der Waals surface area contributed by atoms with E-state index in [4.69, 9.17) is 4.74 Å². The molecule has 0 atom stereocenters. The van der Waals surface area contributed by atoms with E-state index in [-0.39, 0.29) is 23.8 Å². The summed E-state index contributed by atoms with van der Waals surface area (Å²) in [5.74, 6) is -0.521. The molecule has 3 rings (SSSR count). The molecular formula is C24H19N3O4. The first kappa shape index (κ1) is 21.1. The predicted molar refractivity (Wildman–Crippen MR) is 117 cm³/mol. The summed E-state index contributed by atoms with van der Waals surface area (Å²) in [6.07, 6.45) is 1.39. The van der Waals surface area contributed by atoms with Gasteiger partial charge in [-0.3, -0.25) is 9.59 Å². The minimum atomic E-state index is -0.607. The Morgan fingerprint density at radius 2 is 1.55 bits per heavy atom. The summed E-state index contributed by atoms with van der Waals surface area (Å²) in [5, 5.41) is 24.1. The monoisotopic (exact) mass is 413 g/mol. The van der Waals surface area contributed by atoms with Crippen LogP contribution in [0.4, 0.5) is 11.4 Å². The number of nitrogens with zero attached hydrogens (tertiary/aromatic N) is 1. The van der Waals surface area contributed by atoms with E-state index in [1.54, 1.807) is 36.4 Å². The fourth-order valence-electron chi connectivity index (χ4n) is 2.64. The van der Waals surface area contributed by atoms with Crippen LogP contribution in [0.5, 0.6) is 11.5 Å². The van der Waals surface area contributed by atoms with Crippen molar-refractivity contribution in [2.24, 2.45) is 0 Å². The highest BCUT2D eigenvalue weighted by Gasteiger charge is 2.12. The number of phenols is 1. The second kappa shape index (κ2) is 10.3. The molecule has 0 saturated carbocycles. The first-order valence-corrected chi connectivity index (χ1v) is 9.34. The number of anilines is 2. The average molecular weight is 413 g/mol. The van der Waals surface area contributed by atoms with Crippen LogP contribution in [0.15, 0.2) is 84.4 Å². The molecule has 7 nitrogen and oxygen atoms in total. The van der Waals surface area contributed by atoms with Crippen LogP contribution in [0.3, 0.4) is 0 Å². The number of carbonyl (C=O) groups is 2. The lowest BCUT2D eigenvalue weighted by Gasteiger charge is -2.10. The van der Waals surface area contributed by atoms with E-state index >= 15 is 0 Å². The summed E-state index contributed by atoms with van der Waals surface area (Å²) in [6.45, 7) is -0.235. The SMILES string of the molecule is N#C/C(=C\c1ccccc1OCC(=O)Nc1ccccc1)C(=O)Nc1ccc(O)cc1. The van der Waals surface area contributed by atoms with Gasteiger partial charge in [0.05, 0.1) is 0 Å². The van der Waals surface area contributed by atoms with Crippen molar-refractivity contribution in [1.29, 1.82) is 5.26 Å². The summed E-state index contributed by atoms with van der Waals surface area (Å²) >= 11 is 0. The highest BCUT2D eigenvalue weighted by molar-refractivity contribution is 6.09. The number of rotatable bonds is 7. The van der Waals surface area contributed by atoms with Crippen molar-refractivity contribution >= 4 is 29.3 Å². The first-order chi connectivity index (χ1) is 15.0. The smallest absolute Gasteiger partial charge is 0.266 e. The molecule has 0 radical (unpaired) electrons. The molecule has 0 fully saturated rings. The van der Waals surface area contributed by atoms with Gasteiger partial charge < -0.3 is 20.5 Å². The van der Waals surface area contributed by atoms with Crippen LogP contribution in [0, 0.1) is 11.3 Å². The van der Waals surface area contributed by atoms with E-state index in [1.165, 1.54) is 30.3 Å². The lowest BCUT2D eigenvalue weighted by atomic mass is 10.1. The van der Waals surface area contributed by atoms with E-state index in [1.807, 2.05) is 24.3 Å². The molecule has 2 amide bonds. The number of hydrogen-bond donors (Lipinski definition) is 3. The van der Waals surface area contributed by atoms with E-state index in [0.29, 0.717) is 22.7 Å². The minimum absolute atomic E-state index is 0.0661. The quantitative estimate of drug-likeness (QED) is 0.308. The Labute approximate surface area is 179 Å². The molecule has 154 valence electrons. The van der Waals surface area contributed by atoms with E-state index in [2.05, 4.69) is 10.6 Å². The lowest BCUT2D eigenvalue weighted by Crippen LogP contribution is -2.20. The highest BCUT2D eigenvalue weighted by atomic mass is 16.5. The maximum absolute atomic E-state index is 12.4. The average Bonchev–Trinajstić information content (AvgIpc) is 2.79. The van der Waals surface area contributed by atoms with E-state index in [0.717, 1.165) is 0 Å². The zero-order valence-electron chi connectivity index (χ0n) is 16.4. The Morgan fingerprint density at radius 1 is 0.903 bits per heavy atom. The number of hydrogen-bond acceptors (Lipinski definition) is 5. The molecule has 7 heteroatoms. The number of nitrogens with one attached hydrogen (secondary N) is 2. The summed E-state index contributed by atoms with van der Waals surface area (Å²) in [6, 6.07) is 23.5. The first-order valence-electron chi connectivity index (χ1n) is 9.34. The zero-order chi connectivity index (χ0) is 22.1. The Kier molecular flexibility index (Phi) is 7.01. The van der Waals surface area contributed by atoms with Gasteiger partial charge in [-0.1, -0.05) is 36.4 Å². The van der Waals surface area contributed by atoms with Crippen molar-refractivity contribution in [3.05, 3.63) is 90.0 Å². The van der Waals surface area contributed by atoms with Crippen LogP contribution in [0.25, 0.3) is 6.08 Å². The van der Waals surface area contributed by atoms with E-state index < -0.39 is 5.91 Å². The molecule has 0 spiro atoms. The predicted octanol–water partition coefficient (Wildman–Crippen LogP) is 3.96. The Balaban J connectivity index is 1.69. The van der Waals surface area contributed by atoms with Gasteiger partial charge in [0.1, 0.15) is 23.1 Å². The third-order valence-electron chi connectivity index (χ3n) is 4.13. The van der Waals surface area contributed by atoms with Crippen LogP contribution in [0.2, 0.25) is 0 Å². The number of ether oxygens (including phenoxy) is 1. The second-order valence-corrected chi connectivity index (χ2v) is 6.41. The normalized spacial score (nSPS) is 10.6. The van der Waals surface area contributed by atoms with Gasteiger partial charge in [0, 0.05) is 16.9 Å². The van der Waals surface area contributed by atoms with Crippen molar-refractivity contribution in [2.45, 2.75) is 0 Å². The number of nitriles is 1. The Hall–Kier alpha value is -4.57. The van der Waals surface area contributed by atoms with Gasteiger partial charge in [0.15, 0.2) is 6.61 Å². The van der Waals surface area contributed by atoms with Crippen LogP contribution in [-0.4, -0.2) is 23.5 Å². The van der Waals surface area contributed by atoms with Crippen molar-refractivity contribution < 1.29 is 19.4 Å². The fraction of sp³-hybridized carbons (Fsp3) is 0.0417. The van der Waals surface area contributed by atoms with Crippen LogP contribution < -0.4 is 15.4 Å². The molecule has 31 heavy (non-hydrogen) atoms. The molecule has 0 saturated heterocycles.